The van der Waals surface area contributed by atoms with Crippen molar-refractivity contribution < 1.29 is 35.9 Å². The second-order valence-corrected chi connectivity index (χ2v) is 14.7. The maximum absolute atomic E-state index is 16.7. The number of aromatic nitrogens is 2. The Morgan fingerprint density at radius 3 is 2.55 bits per heavy atom. The molecule has 0 bridgehead atoms. The monoisotopic (exact) mass is 762 g/mol. The van der Waals surface area contributed by atoms with E-state index in [0.717, 1.165) is 31.2 Å². The fraction of sp³-hybridized carbons (Fsp3) is 0.500. The summed E-state index contributed by atoms with van der Waals surface area (Å²) in [5, 5.41) is 9.15. The minimum Gasteiger partial charge on any atom is -0.467 e. The Morgan fingerprint density at radius 1 is 1.19 bits per heavy atom. The molecular formula is C36H40F6N8O2S. The van der Waals surface area contributed by atoms with Crippen molar-refractivity contribution in [1.29, 1.82) is 5.26 Å². The van der Waals surface area contributed by atoms with Gasteiger partial charge in [-0.3, -0.25) is 4.90 Å². The van der Waals surface area contributed by atoms with Crippen LogP contribution < -0.4 is 15.4 Å². The molecule has 7 rings (SSSR count). The van der Waals surface area contributed by atoms with Gasteiger partial charge in [0.05, 0.1) is 35.0 Å². The standard InChI is InChI=1S/C29H28F5N7O2S.C7H12FN/c1-6-40(19-9-10-41(13(19)2)28(42)39(3)4)26-15-11-17(29(32,33)34)21(22(31)23(15)37-27(38-26)43-5)14-7-8-18(30)24-20(14)16(12-35)25(36)44-24;8-6-4-7-2-1-3-9(7)5-6/h7-8,11,13,19H,6,9-10,36H2,1-5H3;6-7H,1-5H2. The number of hydrogen-bond donors (Lipinski definition) is 1. The highest BCUT2D eigenvalue weighted by Crippen LogP contribution is 2.48. The number of fused-ring (bicyclic) bond motifs is 3. The SMILES string of the molecule is CCN(c1nc(OC)nc2c(F)c(-c3ccc(F)c4sc(N)c(C#N)c34)c(C(F)(F)F)cc12)C1CCN(C(=O)N(C)C)C1C.FC1CC2CCCN2C1. The van der Waals surface area contributed by atoms with Crippen molar-refractivity contribution in [2.75, 3.05) is 58.0 Å². The first-order valence-electron chi connectivity index (χ1n) is 17.3. The van der Waals surface area contributed by atoms with E-state index in [9.17, 15) is 32.0 Å². The van der Waals surface area contributed by atoms with Gasteiger partial charge in [0.2, 0.25) is 0 Å². The Hall–Kier alpha value is -4.56. The minimum absolute atomic E-state index is 0.00282. The molecule has 284 valence electrons. The van der Waals surface area contributed by atoms with E-state index in [-0.39, 0.29) is 68.1 Å². The highest BCUT2D eigenvalue weighted by Gasteiger charge is 2.41. The average Bonchev–Trinajstić information content (AvgIpc) is 3.88. The maximum Gasteiger partial charge on any atom is 0.417 e. The normalized spacial score (nSPS) is 21.4. The van der Waals surface area contributed by atoms with Crippen molar-refractivity contribution in [3.8, 4) is 23.2 Å². The summed E-state index contributed by atoms with van der Waals surface area (Å²) in [7, 11) is 4.50. The summed E-state index contributed by atoms with van der Waals surface area (Å²) in [5.74, 6) is -2.16. The number of thiophene rings is 1. The van der Waals surface area contributed by atoms with Crippen molar-refractivity contribution in [2.45, 2.75) is 70.0 Å². The molecular weight excluding hydrogens is 723 g/mol. The van der Waals surface area contributed by atoms with Crippen LogP contribution in [0.4, 0.5) is 42.0 Å². The molecule has 3 fully saturated rings. The molecule has 2 amide bonds. The molecule has 2 aromatic carbocycles. The fourth-order valence-electron chi connectivity index (χ4n) is 7.93. The zero-order valence-corrected chi connectivity index (χ0v) is 30.7. The molecule has 3 aliphatic rings. The number of nitrogens with two attached hydrogens (primary N) is 1. The molecule has 5 heterocycles. The lowest BCUT2D eigenvalue weighted by atomic mass is 9.92. The van der Waals surface area contributed by atoms with Crippen molar-refractivity contribution >= 4 is 49.2 Å². The number of hydrogen-bond acceptors (Lipinski definition) is 9. The summed E-state index contributed by atoms with van der Waals surface area (Å²) >= 11 is 0.688. The van der Waals surface area contributed by atoms with E-state index >= 15 is 4.39 Å². The van der Waals surface area contributed by atoms with Gasteiger partial charge in [-0.25, -0.2) is 18.0 Å². The van der Waals surface area contributed by atoms with Crippen LogP contribution in [0.1, 0.15) is 50.7 Å². The lowest BCUT2D eigenvalue weighted by Crippen LogP contribution is -2.48. The van der Waals surface area contributed by atoms with Crippen LogP contribution in [0.25, 0.3) is 32.1 Å². The minimum atomic E-state index is -5.08. The maximum atomic E-state index is 16.7. The molecule has 0 radical (unpaired) electrons. The molecule has 10 nitrogen and oxygen atoms in total. The predicted octanol–water partition coefficient (Wildman–Crippen LogP) is 7.43. The lowest BCUT2D eigenvalue weighted by molar-refractivity contribution is -0.137. The number of alkyl halides is 4. The number of likely N-dealkylation sites (N-methyl/N-ethyl adjacent to an activating group) is 1. The van der Waals surface area contributed by atoms with Gasteiger partial charge in [0.1, 0.15) is 34.4 Å². The van der Waals surface area contributed by atoms with Crippen LogP contribution in [-0.2, 0) is 6.18 Å². The molecule has 0 spiro atoms. The molecule has 4 atom stereocenters. The fourth-order valence-corrected chi connectivity index (χ4v) is 8.88. The molecule has 0 aliphatic carbocycles. The lowest BCUT2D eigenvalue weighted by Gasteiger charge is -2.35. The van der Waals surface area contributed by atoms with Gasteiger partial charge in [0.25, 0.3) is 0 Å². The molecule has 4 aromatic rings. The third-order valence-corrected chi connectivity index (χ3v) is 11.4. The van der Waals surface area contributed by atoms with Gasteiger partial charge in [0.15, 0.2) is 5.82 Å². The number of nitrogen functional groups attached to an aromatic ring is 1. The van der Waals surface area contributed by atoms with Gasteiger partial charge < -0.3 is 25.2 Å². The van der Waals surface area contributed by atoms with E-state index in [1.807, 2.05) is 6.92 Å². The Balaban J connectivity index is 0.000000461. The van der Waals surface area contributed by atoms with Gasteiger partial charge in [-0.05, 0) is 63.8 Å². The van der Waals surface area contributed by atoms with Gasteiger partial charge in [-0.2, -0.15) is 28.4 Å². The van der Waals surface area contributed by atoms with Crippen molar-refractivity contribution in [1.82, 2.24) is 24.7 Å². The Morgan fingerprint density at radius 2 is 1.92 bits per heavy atom. The summed E-state index contributed by atoms with van der Waals surface area (Å²) in [6, 6.07) is 3.87. The zero-order chi connectivity index (χ0) is 38.5. The molecule has 4 unspecified atom stereocenters. The average molecular weight is 763 g/mol. The number of methoxy groups -OCH3 is 1. The number of urea groups is 1. The molecule has 3 aliphatic heterocycles. The van der Waals surface area contributed by atoms with Crippen LogP contribution in [0.5, 0.6) is 6.01 Å². The highest BCUT2D eigenvalue weighted by atomic mass is 32.1. The zero-order valence-electron chi connectivity index (χ0n) is 29.9. The number of anilines is 2. The van der Waals surface area contributed by atoms with Crippen molar-refractivity contribution in [2.24, 2.45) is 0 Å². The number of carbonyl (C=O) groups excluding carboxylic acids is 1. The van der Waals surface area contributed by atoms with Gasteiger partial charge >= 0.3 is 18.2 Å². The Labute approximate surface area is 306 Å². The first-order valence-corrected chi connectivity index (χ1v) is 18.1. The first-order chi connectivity index (χ1) is 25.1. The van der Waals surface area contributed by atoms with E-state index in [1.165, 1.54) is 24.9 Å². The second kappa shape index (κ2) is 14.7. The van der Waals surface area contributed by atoms with Crippen LogP contribution in [-0.4, -0.2) is 102 Å². The summed E-state index contributed by atoms with van der Waals surface area (Å²) < 4.78 is 93.5. The largest absolute Gasteiger partial charge is 0.467 e. The number of rotatable bonds is 5. The summed E-state index contributed by atoms with van der Waals surface area (Å²) in [5.41, 5.74) is 2.56. The number of halogens is 6. The number of nitrogens with zero attached hydrogens (tertiary/aromatic N) is 7. The van der Waals surface area contributed by atoms with E-state index in [4.69, 9.17) is 10.5 Å². The van der Waals surface area contributed by atoms with Crippen LogP contribution in [0.15, 0.2) is 18.2 Å². The van der Waals surface area contributed by atoms with Crippen LogP contribution >= 0.6 is 11.3 Å². The number of benzene rings is 2. The Bertz CT molecular complexity index is 2070. The molecule has 3 saturated heterocycles. The third kappa shape index (κ3) is 6.87. The van der Waals surface area contributed by atoms with E-state index in [2.05, 4.69) is 14.9 Å². The van der Waals surface area contributed by atoms with Gasteiger partial charge in [-0.1, -0.05) is 6.07 Å². The topological polar surface area (TPSA) is 115 Å². The summed E-state index contributed by atoms with van der Waals surface area (Å²) in [6.07, 6.45) is -1.78. The van der Waals surface area contributed by atoms with Crippen molar-refractivity contribution in [3.05, 3.63) is 41.0 Å². The molecule has 2 aromatic heterocycles. The van der Waals surface area contributed by atoms with Gasteiger partial charge in [-0.15, -0.1) is 11.3 Å². The molecule has 2 N–H and O–H groups in total. The molecule has 53 heavy (non-hydrogen) atoms. The Kier molecular flexibility index (Phi) is 10.6. The predicted molar refractivity (Wildman–Crippen MR) is 192 cm³/mol. The number of amides is 2. The highest BCUT2D eigenvalue weighted by molar-refractivity contribution is 7.23. The van der Waals surface area contributed by atoms with Crippen LogP contribution in [0, 0.1) is 23.0 Å². The molecule has 17 heteroatoms. The summed E-state index contributed by atoms with van der Waals surface area (Å²) in [6.45, 7) is 6.13. The van der Waals surface area contributed by atoms with Crippen LogP contribution in [0.2, 0.25) is 0 Å². The third-order valence-electron chi connectivity index (χ3n) is 10.4. The van der Waals surface area contributed by atoms with Crippen molar-refractivity contribution in [3.63, 3.8) is 0 Å². The van der Waals surface area contributed by atoms with E-state index < -0.39 is 40.6 Å². The van der Waals surface area contributed by atoms with Gasteiger partial charge in [0, 0.05) is 56.1 Å². The van der Waals surface area contributed by atoms with E-state index in [0.29, 0.717) is 36.9 Å². The molecule has 0 saturated carbocycles. The van der Waals surface area contributed by atoms with E-state index in [1.54, 1.807) is 36.9 Å². The number of likely N-dealkylation sites (tertiary alicyclic amines) is 1. The number of carbonyl (C=O) groups is 1. The summed E-state index contributed by atoms with van der Waals surface area (Å²) in [4.78, 5) is 28.3. The number of nitriles is 1. The first kappa shape index (κ1) is 38.2. The quantitative estimate of drug-likeness (QED) is 0.209. The second-order valence-electron chi connectivity index (χ2n) is 13.7. The van der Waals surface area contributed by atoms with Crippen LogP contribution in [0.3, 0.4) is 0 Å². The number of ether oxygens (including phenoxy) is 1. The smallest absolute Gasteiger partial charge is 0.417 e.